The number of benzene rings is 3. The molecule has 4 rings (SSSR count). The predicted molar refractivity (Wildman–Crippen MR) is 135 cm³/mol. The zero-order valence-electron chi connectivity index (χ0n) is 17.4. The molecule has 0 bridgehead atoms. The van der Waals surface area contributed by atoms with Gasteiger partial charge in [-0.1, -0.05) is 59.9 Å². The summed E-state index contributed by atoms with van der Waals surface area (Å²) in [6, 6.07) is 26.8. The first-order chi connectivity index (χ1) is 15.2. The lowest BCUT2D eigenvalue weighted by atomic mass is 10.2. The fraction of sp³-hybridized carbons (Fsp3) is 0.200. The maximum atomic E-state index is 13.2. The molecule has 158 valence electrons. The van der Waals surface area contributed by atoms with E-state index in [4.69, 9.17) is 4.98 Å². The van der Waals surface area contributed by atoms with Gasteiger partial charge in [-0.15, -0.1) is 23.5 Å². The highest BCUT2D eigenvalue weighted by atomic mass is 32.2. The molecule has 0 unspecified atom stereocenters. The Hall–Kier alpha value is -2.28. The van der Waals surface area contributed by atoms with E-state index in [0.717, 1.165) is 33.1 Å². The van der Waals surface area contributed by atoms with Gasteiger partial charge in [0.2, 0.25) is 5.91 Å². The van der Waals surface area contributed by atoms with E-state index in [0.29, 0.717) is 13.0 Å². The van der Waals surface area contributed by atoms with E-state index in [9.17, 15) is 4.79 Å². The highest BCUT2D eigenvalue weighted by Gasteiger charge is 2.20. The molecule has 0 N–H and O–H groups in total. The number of aromatic nitrogens is 1. The van der Waals surface area contributed by atoms with E-state index in [1.165, 1.54) is 9.79 Å². The summed E-state index contributed by atoms with van der Waals surface area (Å²) in [6.45, 7) is 0.542. The average molecular weight is 465 g/mol. The summed E-state index contributed by atoms with van der Waals surface area (Å²) in [4.78, 5) is 22.3. The quantitative estimate of drug-likeness (QED) is 0.195. The molecular formula is C25H24N2OS3. The Bertz CT molecular complexity index is 1130. The van der Waals surface area contributed by atoms with Gasteiger partial charge in [0.15, 0.2) is 5.13 Å². The van der Waals surface area contributed by atoms with Crippen LogP contribution in [0.1, 0.15) is 18.4 Å². The number of fused-ring (bicyclic) bond motifs is 1. The summed E-state index contributed by atoms with van der Waals surface area (Å²) >= 11 is 5.11. The molecule has 0 spiro atoms. The van der Waals surface area contributed by atoms with Crippen molar-refractivity contribution in [2.75, 3.05) is 16.9 Å². The molecule has 1 aromatic heterocycles. The van der Waals surface area contributed by atoms with Gasteiger partial charge >= 0.3 is 0 Å². The van der Waals surface area contributed by atoms with Crippen molar-refractivity contribution in [3.05, 3.63) is 84.4 Å². The normalized spacial score (nSPS) is 11.0. The van der Waals surface area contributed by atoms with Crippen LogP contribution in [0.25, 0.3) is 10.2 Å². The van der Waals surface area contributed by atoms with Crippen LogP contribution in [0.3, 0.4) is 0 Å². The molecule has 3 nitrogen and oxygen atoms in total. The minimum absolute atomic E-state index is 0.127. The van der Waals surface area contributed by atoms with Crippen LogP contribution in [0.15, 0.2) is 88.7 Å². The number of anilines is 1. The molecule has 0 fully saturated rings. The van der Waals surface area contributed by atoms with E-state index in [2.05, 4.69) is 42.7 Å². The first-order valence-electron chi connectivity index (χ1n) is 10.2. The number of nitrogens with zero attached hydrogens (tertiary/aromatic N) is 2. The van der Waals surface area contributed by atoms with Gasteiger partial charge in [0.05, 0.1) is 16.8 Å². The van der Waals surface area contributed by atoms with E-state index in [1.807, 2.05) is 47.4 Å². The summed E-state index contributed by atoms with van der Waals surface area (Å²) in [5, 5.41) is 0.776. The third-order valence-electron chi connectivity index (χ3n) is 4.85. The Morgan fingerprint density at radius 2 is 1.71 bits per heavy atom. The summed E-state index contributed by atoms with van der Waals surface area (Å²) in [5.74, 6) is 1.05. The molecule has 1 amide bonds. The molecular weight excluding hydrogens is 440 g/mol. The van der Waals surface area contributed by atoms with Gasteiger partial charge < -0.3 is 0 Å². The highest BCUT2D eigenvalue weighted by molar-refractivity contribution is 7.99. The third kappa shape index (κ3) is 5.91. The van der Waals surface area contributed by atoms with Crippen LogP contribution in [-0.4, -0.2) is 22.9 Å². The number of thiazole rings is 1. The molecule has 4 aromatic rings. The van der Waals surface area contributed by atoms with E-state index in [-0.39, 0.29) is 5.91 Å². The SMILES string of the molecule is CSc1ccc2nc(N(Cc3ccccc3)C(=O)CCCSc3ccccc3)sc2c1. The lowest BCUT2D eigenvalue weighted by molar-refractivity contribution is -0.118. The summed E-state index contributed by atoms with van der Waals surface area (Å²) in [7, 11) is 0. The molecule has 3 aromatic carbocycles. The first kappa shape index (κ1) is 21.9. The standard InChI is InChI=1S/C25H24N2OS3/c1-29-21-14-15-22-23(17-21)31-25(26-22)27(18-19-9-4-2-5-10-19)24(28)13-8-16-30-20-11-6-3-7-12-20/h2-7,9-12,14-15,17H,8,13,16,18H2,1H3. The average Bonchev–Trinajstić information content (AvgIpc) is 3.24. The second-order valence-electron chi connectivity index (χ2n) is 7.06. The molecule has 0 saturated heterocycles. The van der Waals surface area contributed by atoms with Gasteiger partial charge in [0.25, 0.3) is 0 Å². The minimum Gasteiger partial charge on any atom is -0.284 e. The van der Waals surface area contributed by atoms with Crippen LogP contribution < -0.4 is 4.90 Å². The Morgan fingerprint density at radius 1 is 0.968 bits per heavy atom. The van der Waals surface area contributed by atoms with E-state index in [1.54, 1.807) is 34.9 Å². The summed E-state index contributed by atoms with van der Waals surface area (Å²) in [6.07, 6.45) is 3.42. The highest BCUT2D eigenvalue weighted by Crippen LogP contribution is 2.33. The number of rotatable bonds is 9. The Balaban J connectivity index is 1.49. The molecule has 0 saturated carbocycles. The Labute approximate surface area is 195 Å². The van der Waals surface area contributed by atoms with Gasteiger partial charge in [0, 0.05) is 16.2 Å². The fourth-order valence-corrected chi connectivity index (χ4v) is 5.64. The van der Waals surface area contributed by atoms with E-state index < -0.39 is 0 Å². The molecule has 0 radical (unpaired) electrons. The van der Waals surface area contributed by atoms with Crippen LogP contribution >= 0.6 is 34.9 Å². The number of hydrogen-bond acceptors (Lipinski definition) is 5. The van der Waals surface area contributed by atoms with Crippen molar-refractivity contribution in [2.24, 2.45) is 0 Å². The smallest absolute Gasteiger partial charge is 0.229 e. The summed E-state index contributed by atoms with van der Waals surface area (Å²) in [5.41, 5.74) is 2.06. The van der Waals surface area contributed by atoms with Gasteiger partial charge in [-0.3, -0.25) is 9.69 Å². The lowest BCUT2D eigenvalue weighted by Crippen LogP contribution is -2.30. The van der Waals surface area contributed by atoms with Crippen molar-refractivity contribution < 1.29 is 4.79 Å². The Kier molecular flexibility index (Phi) is 7.67. The first-order valence-corrected chi connectivity index (χ1v) is 13.2. The van der Waals surface area contributed by atoms with Crippen molar-refractivity contribution in [2.45, 2.75) is 29.2 Å². The lowest BCUT2D eigenvalue weighted by Gasteiger charge is -2.20. The molecule has 6 heteroatoms. The van der Waals surface area contributed by atoms with E-state index >= 15 is 0 Å². The molecule has 0 aliphatic carbocycles. The Morgan fingerprint density at radius 3 is 2.45 bits per heavy atom. The van der Waals surface area contributed by atoms with Crippen molar-refractivity contribution in [3.8, 4) is 0 Å². The second-order valence-corrected chi connectivity index (χ2v) is 10.1. The van der Waals surface area contributed by atoms with Gasteiger partial charge in [-0.2, -0.15) is 0 Å². The van der Waals surface area contributed by atoms with Crippen LogP contribution in [0.5, 0.6) is 0 Å². The maximum absolute atomic E-state index is 13.2. The zero-order chi connectivity index (χ0) is 21.5. The number of carbonyl (C=O) groups excluding carboxylic acids is 1. The number of hydrogen-bond donors (Lipinski definition) is 0. The van der Waals surface area contributed by atoms with Gasteiger partial charge in [-0.25, -0.2) is 4.98 Å². The number of amides is 1. The molecule has 0 aliphatic rings. The zero-order valence-corrected chi connectivity index (χ0v) is 19.8. The van der Waals surface area contributed by atoms with Crippen LogP contribution in [0.4, 0.5) is 5.13 Å². The molecule has 1 heterocycles. The molecule has 31 heavy (non-hydrogen) atoms. The topological polar surface area (TPSA) is 33.2 Å². The molecule has 0 aliphatic heterocycles. The van der Waals surface area contributed by atoms with Crippen LogP contribution in [0.2, 0.25) is 0 Å². The minimum atomic E-state index is 0.127. The largest absolute Gasteiger partial charge is 0.284 e. The monoisotopic (exact) mass is 464 g/mol. The number of thioether (sulfide) groups is 2. The van der Waals surface area contributed by atoms with Crippen molar-refractivity contribution in [3.63, 3.8) is 0 Å². The summed E-state index contributed by atoms with van der Waals surface area (Å²) < 4.78 is 1.12. The molecule has 0 atom stereocenters. The second kappa shape index (κ2) is 10.8. The fourth-order valence-electron chi connectivity index (χ4n) is 3.23. The van der Waals surface area contributed by atoms with Gasteiger partial charge in [-0.05, 0) is 54.3 Å². The van der Waals surface area contributed by atoms with Crippen molar-refractivity contribution >= 4 is 56.1 Å². The number of carbonyl (C=O) groups is 1. The predicted octanol–water partition coefficient (Wildman–Crippen LogP) is 7.12. The maximum Gasteiger partial charge on any atom is 0.229 e. The third-order valence-corrected chi connectivity index (χ3v) is 7.71. The van der Waals surface area contributed by atoms with Crippen LogP contribution in [0, 0.1) is 0 Å². The van der Waals surface area contributed by atoms with Crippen LogP contribution in [-0.2, 0) is 11.3 Å². The van der Waals surface area contributed by atoms with Gasteiger partial charge in [0.1, 0.15) is 0 Å². The van der Waals surface area contributed by atoms with Crippen molar-refractivity contribution in [1.82, 2.24) is 4.98 Å². The van der Waals surface area contributed by atoms with Crippen molar-refractivity contribution in [1.29, 1.82) is 0 Å².